The molecule has 0 bridgehead atoms. The molecule has 1 aliphatic rings. The Labute approximate surface area is 101 Å². The van der Waals surface area contributed by atoms with Crippen molar-refractivity contribution in [2.24, 2.45) is 5.41 Å². The maximum Gasteiger partial charge on any atom is 0.0243 e. The summed E-state index contributed by atoms with van der Waals surface area (Å²) in [5.41, 5.74) is 0.345. The summed E-state index contributed by atoms with van der Waals surface area (Å²) in [6.07, 6.45) is 5.67. The van der Waals surface area contributed by atoms with Crippen LogP contribution in [0.25, 0.3) is 0 Å². The molecule has 1 saturated heterocycles. The summed E-state index contributed by atoms with van der Waals surface area (Å²) >= 11 is 0. The summed E-state index contributed by atoms with van der Waals surface area (Å²) in [7, 11) is 0. The van der Waals surface area contributed by atoms with Gasteiger partial charge in [-0.25, -0.2) is 0 Å². The first-order chi connectivity index (χ1) is 7.45. The van der Waals surface area contributed by atoms with Crippen LogP contribution in [0.4, 0.5) is 0 Å². The average molecular weight is 224 g/mol. The smallest absolute Gasteiger partial charge is 0.0243 e. The molecule has 0 aromatic rings. The van der Waals surface area contributed by atoms with Crippen molar-refractivity contribution in [3.05, 3.63) is 12.2 Å². The maximum atomic E-state index is 3.69. The third kappa shape index (κ3) is 3.91. The lowest BCUT2D eigenvalue weighted by Gasteiger charge is -2.34. The van der Waals surface area contributed by atoms with Gasteiger partial charge in [-0.2, -0.15) is 0 Å². The Balaban J connectivity index is 2.65. The van der Waals surface area contributed by atoms with E-state index >= 15 is 0 Å². The van der Waals surface area contributed by atoms with E-state index in [2.05, 4.69) is 57.0 Å². The van der Waals surface area contributed by atoms with E-state index in [4.69, 9.17) is 0 Å². The fraction of sp³-hybridized carbons (Fsp3) is 0.857. The zero-order valence-corrected chi connectivity index (χ0v) is 11.6. The van der Waals surface area contributed by atoms with E-state index in [0.29, 0.717) is 17.5 Å². The normalized spacial score (nSPS) is 29.6. The molecule has 0 aromatic carbocycles. The van der Waals surface area contributed by atoms with E-state index in [0.717, 1.165) is 19.6 Å². The zero-order valence-electron chi connectivity index (χ0n) is 11.6. The van der Waals surface area contributed by atoms with Gasteiger partial charge in [-0.3, -0.25) is 4.90 Å². The Kier molecular flexibility index (Phi) is 5.00. The number of allylic oxidation sites excluding steroid dienone is 1. The Hall–Kier alpha value is -0.340. The Bertz CT molecular complexity index is 227. The van der Waals surface area contributed by atoms with Crippen LogP contribution in [0.3, 0.4) is 0 Å². The topological polar surface area (TPSA) is 15.3 Å². The molecule has 2 nitrogen and oxygen atoms in total. The van der Waals surface area contributed by atoms with Crippen LogP contribution in [0.1, 0.15) is 41.0 Å². The molecule has 0 spiro atoms. The van der Waals surface area contributed by atoms with Crippen molar-refractivity contribution in [2.45, 2.75) is 53.1 Å². The van der Waals surface area contributed by atoms with Crippen molar-refractivity contribution in [1.29, 1.82) is 0 Å². The van der Waals surface area contributed by atoms with Crippen LogP contribution < -0.4 is 5.32 Å². The van der Waals surface area contributed by atoms with Crippen molar-refractivity contribution in [3.8, 4) is 0 Å². The standard InChI is InChI=1S/C14H28N2/c1-6-7-10-16-11-13(14(3,4)5)15-9-8-12(16)2/h6-7,12-13,15H,8-11H2,1-5H3/b7-6+. The monoisotopic (exact) mass is 224 g/mol. The fourth-order valence-corrected chi connectivity index (χ4v) is 2.20. The quantitative estimate of drug-likeness (QED) is 0.726. The molecule has 0 saturated carbocycles. The van der Waals surface area contributed by atoms with Gasteiger partial charge in [0.15, 0.2) is 0 Å². The molecule has 1 N–H and O–H groups in total. The zero-order chi connectivity index (χ0) is 12.2. The van der Waals surface area contributed by atoms with Crippen molar-refractivity contribution in [3.63, 3.8) is 0 Å². The predicted octanol–water partition coefficient (Wildman–Crippen LogP) is 2.66. The minimum atomic E-state index is 0.345. The van der Waals surface area contributed by atoms with Crippen LogP contribution in [-0.2, 0) is 0 Å². The predicted molar refractivity (Wildman–Crippen MR) is 71.7 cm³/mol. The van der Waals surface area contributed by atoms with Crippen LogP contribution in [0.5, 0.6) is 0 Å². The van der Waals surface area contributed by atoms with E-state index in [1.165, 1.54) is 6.42 Å². The summed E-state index contributed by atoms with van der Waals surface area (Å²) in [5, 5.41) is 3.69. The summed E-state index contributed by atoms with van der Waals surface area (Å²) in [5.74, 6) is 0. The summed E-state index contributed by atoms with van der Waals surface area (Å²) in [6, 6.07) is 1.29. The van der Waals surface area contributed by atoms with Gasteiger partial charge in [-0.15, -0.1) is 0 Å². The van der Waals surface area contributed by atoms with E-state index in [1.54, 1.807) is 0 Å². The van der Waals surface area contributed by atoms with Crippen LogP contribution in [0.15, 0.2) is 12.2 Å². The number of hydrogen-bond donors (Lipinski definition) is 1. The van der Waals surface area contributed by atoms with Gasteiger partial charge in [0.2, 0.25) is 0 Å². The lowest BCUT2D eigenvalue weighted by atomic mass is 9.86. The molecular weight excluding hydrogens is 196 g/mol. The van der Waals surface area contributed by atoms with Crippen molar-refractivity contribution in [2.75, 3.05) is 19.6 Å². The van der Waals surface area contributed by atoms with E-state index < -0.39 is 0 Å². The number of nitrogens with one attached hydrogen (secondary N) is 1. The number of rotatable bonds is 2. The van der Waals surface area contributed by atoms with Crippen molar-refractivity contribution < 1.29 is 0 Å². The van der Waals surface area contributed by atoms with Gasteiger partial charge in [0, 0.05) is 25.2 Å². The van der Waals surface area contributed by atoms with Gasteiger partial charge in [-0.1, -0.05) is 32.9 Å². The Morgan fingerprint density at radius 1 is 1.38 bits per heavy atom. The highest BCUT2D eigenvalue weighted by atomic mass is 15.2. The van der Waals surface area contributed by atoms with Crippen LogP contribution in [-0.4, -0.2) is 36.6 Å². The highest BCUT2D eigenvalue weighted by Crippen LogP contribution is 2.23. The first-order valence-corrected chi connectivity index (χ1v) is 6.53. The largest absolute Gasteiger partial charge is 0.312 e. The van der Waals surface area contributed by atoms with E-state index in [9.17, 15) is 0 Å². The molecule has 2 heteroatoms. The van der Waals surface area contributed by atoms with Gasteiger partial charge in [0.1, 0.15) is 0 Å². The van der Waals surface area contributed by atoms with Crippen molar-refractivity contribution >= 4 is 0 Å². The summed E-state index contributed by atoms with van der Waals surface area (Å²) in [6.45, 7) is 14.8. The van der Waals surface area contributed by atoms with Gasteiger partial charge < -0.3 is 5.32 Å². The van der Waals surface area contributed by atoms with E-state index in [1.807, 2.05) is 0 Å². The molecule has 0 radical (unpaired) electrons. The van der Waals surface area contributed by atoms with Gasteiger partial charge in [-0.05, 0) is 32.2 Å². The van der Waals surface area contributed by atoms with Gasteiger partial charge in [0.25, 0.3) is 0 Å². The average Bonchev–Trinajstić information content (AvgIpc) is 2.37. The lowest BCUT2D eigenvalue weighted by Crippen LogP contribution is -2.47. The molecule has 16 heavy (non-hydrogen) atoms. The molecule has 1 rings (SSSR count). The molecule has 0 aromatic heterocycles. The van der Waals surface area contributed by atoms with Crippen LogP contribution in [0.2, 0.25) is 0 Å². The third-order valence-corrected chi connectivity index (χ3v) is 3.61. The highest BCUT2D eigenvalue weighted by molar-refractivity contribution is 4.91. The van der Waals surface area contributed by atoms with E-state index in [-0.39, 0.29) is 0 Å². The summed E-state index contributed by atoms with van der Waals surface area (Å²) in [4.78, 5) is 2.59. The molecule has 1 aliphatic heterocycles. The molecule has 2 unspecified atom stereocenters. The van der Waals surface area contributed by atoms with Gasteiger partial charge >= 0.3 is 0 Å². The molecule has 94 valence electrons. The van der Waals surface area contributed by atoms with Crippen LogP contribution >= 0.6 is 0 Å². The second-order valence-corrected chi connectivity index (χ2v) is 6.03. The molecule has 1 heterocycles. The number of nitrogens with zero attached hydrogens (tertiary/aromatic N) is 1. The minimum Gasteiger partial charge on any atom is -0.312 e. The first-order valence-electron chi connectivity index (χ1n) is 6.53. The molecular formula is C14H28N2. The second-order valence-electron chi connectivity index (χ2n) is 6.03. The third-order valence-electron chi connectivity index (χ3n) is 3.61. The van der Waals surface area contributed by atoms with Gasteiger partial charge in [0.05, 0.1) is 0 Å². The minimum absolute atomic E-state index is 0.345. The first kappa shape index (κ1) is 13.7. The second kappa shape index (κ2) is 5.83. The molecule has 0 aliphatic carbocycles. The molecule has 0 amide bonds. The molecule has 1 fully saturated rings. The SMILES string of the molecule is C/C=C/CN1CC(C(C)(C)C)NCCC1C. The highest BCUT2D eigenvalue weighted by Gasteiger charge is 2.29. The molecule has 2 atom stereocenters. The van der Waals surface area contributed by atoms with Crippen molar-refractivity contribution in [1.82, 2.24) is 10.2 Å². The summed E-state index contributed by atoms with van der Waals surface area (Å²) < 4.78 is 0. The number of hydrogen-bond acceptors (Lipinski definition) is 2. The maximum absolute atomic E-state index is 3.69. The lowest BCUT2D eigenvalue weighted by molar-refractivity contribution is 0.178. The fourth-order valence-electron chi connectivity index (χ4n) is 2.20. The Morgan fingerprint density at radius 3 is 2.62 bits per heavy atom. The van der Waals surface area contributed by atoms with Crippen LogP contribution in [0, 0.1) is 5.41 Å². The Morgan fingerprint density at radius 2 is 2.06 bits per heavy atom.